The summed E-state index contributed by atoms with van der Waals surface area (Å²) in [7, 11) is 0. The second-order valence-corrected chi connectivity index (χ2v) is 6.88. The third-order valence-corrected chi connectivity index (χ3v) is 5.83. The summed E-state index contributed by atoms with van der Waals surface area (Å²) < 4.78 is 0. The van der Waals surface area contributed by atoms with E-state index in [-0.39, 0.29) is 5.41 Å². The average Bonchev–Trinajstić information content (AvgIpc) is 3.17. The van der Waals surface area contributed by atoms with Gasteiger partial charge < -0.3 is 10.2 Å². The molecule has 3 nitrogen and oxygen atoms in total. The summed E-state index contributed by atoms with van der Waals surface area (Å²) in [4.78, 5) is 15.3. The number of hydrogen-bond donors (Lipinski definition) is 1. The Morgan fingerprint density at radius 3 is 2.95 bits per heavy atom. The molecule has 2 saturated heterocycles. The first kappa shape index (κ1) is 14.1. The number of carbonyl (C=O) groups excluding carboxylic acids is 1. The van der Waals surface area contributed by atoms with E-state index < -0.39 is 0 Å². The highest BCUT2D eigenvalue weighted by molar-refractivity contribution is 7.07. The lowest BCUT2D eigenvalue weighted by atomic mass is 9.75. The van der Waals surface area contributed by atoms with Gasteiger partial charge in [0.2, 0.25) is 5.91 Å². The summed E-state index contributed by atoms with van der Waals surface area (Å²) in [6, 6.07) is 2.51. The number of nitrogens with zero attached hydrogens (tertiary/aromatic N) is 1. The van der Waals surface area contributed by atoms with Crippen LogP contribution in [0.2, 0.25) is 0 Å². The van der Waals surface area contributed by atoms with Gasteiger partial charge in [-0.05, 0) is 67.6 Å². The molecule has 1 aromatic rings. The monoisotopic (exact) mass is 292 g/mol. The second-order valence-electron chi connectivity index (χ2n) is 6.10. The first-order valence-electron chi connectivity index (χ1n) is 7.81. The van der Waals surface area contributed by atoms with Crippen LogP contribution >= 0.6 is 11.3 Å². The average molecular weight is 292 g/mol. The van der Waals surface area contributed by atoms with Crippen LogP contribution in [0.4, 0.5) is 0 Å². The molecule has 1 aromatic heterocycles. The lowest BCUT2D eigenvalue weighted by molar-refractivity contribution is -0.145. The van der Waals surface area contributed by atoms with E-state index in [1.54, 1.807) is 11.3 Å². The van der Waals surface area contributed by atoms with E-state index in [0.717, 1.165) is 51.7 Å². The zero-order valence-electron chi connectivity index (χ0n) is 12.2. The SMILES string of the molecule is CCC1(C(=O)N2CCCC2c2ccsc2)CCNCC1. The molecular weight excluding hydrogens is 268 g/mol. The Hall–Kier alpha value is -0.870. The molecule has 20 heavy (non-hydrogen) atoms. The Morgan fingerprint density at radius 1 is 1.50 bits per heavy atom. The molecule has 0 saturated carbocycles. The Balaban J connectivity index is 1.81. The largest absolute Gasteiger partial charge is 0.335 e. The molecule has 0 aromatic carbocycles. The molecule has 4 heteroatoms. The van der Waals surface area contributed by atoms with E-state index in [1.165, 1.54) is 5.56 Å². The van der Waals surface area contributed by atoms with E-state index in [4.69, 9.17) is 0 Å². The van der Waals surface area contributed by atoms with Crippen LogP contribution in [0.15, 0.2) is 16.8 Å². The van der Waals surface area contributed by atoms with Crippen LogP contribution in [0, 0.1) is 5.41 Å². The summed E-state index contributed by atoms with van der Waals surface area (Å²) in [5, 5.41) is 7.72. The number of likely N-dealkylation sites (tertiary alicyclic amines) is 1. The number of nitrogens with one attached hydrogen (secondary N) is 1. The quantitative estimate of drug-likeness (QED) is 0.928. The zero-order valence-corrected chi connectivity index (χ0v) is 13.0. The van der Waals surface area contributed by atoms with Gasteiger partial charge in [-0.1, -0.05) is 6.92 Å². The molecule has 2 aliphatic heterocycles. The van der Waals surface area contributed by atoms with Crippen molar-refractivity contribution in [3.05, 3.63) is 22.4 Å². The minimum absolute atomic E-state index is 0.107. The minimum atomic E-state index is -0.107. The number of carbonyl (C=O) groups is 1. The molecule has 1 amide bonds. The first-order valence-corrected chi connectivity index (χ1v) is 8.75. The summed E-state index contributed by atoms with van der Waals surface area (Å²) in [6.07, 6.45) is 5.23. The fraction of sp³-hybridized carbons (Fsp3) is 0.688. The van der Waals surface area contributed by atoms with E-state index >= 15 is 0 Å². The predicted octanol–water partition coefficient (Wildman–Crippen LogP) is 3.19. The molecule has 1 unspecified atom stereocenters. The molecule has 0 aliphatic carbocycles. The van der Waals surface area contributed by atoms with Crippen molar-refractivity contribution in [1.82, 2.24) is 10.2 Å². The number of amides is 1. The Bertz CT molecular complexity index is 451. The molecule has 1 atom stereocenters. The molecule has 110 valence electrons. The van der Waals surface area contributed by atoms with Crippen molar-refractivity contribution in [2.24, 2.45) is 5.41 Å². The van der Waals surface area contributed by atoms with Crippen LogP contribution in [-0.4, -0.2) is 30.4 Å². The summed E-state index contributed by atoms with van der Waals surface area (Å²) in [5.74, 6) is 0.412. The van der Waals surface area contributed by atoms with Crippen molar-refractivity contribution >= 4 is 17.2 Å². The molecule has 2 aliphatic rings. The number of piperidine rings is 1. The normalized spacial score (nSPS) is 25.9. The van der Waals surface area contributed by atoms with Gasteiger partial charge in [-0.15, -0.1) is 0 Å². The van der Waals surface area contributed by atoms with Gasteiger partial charge in [0.1, 0.15) is 0 Å². The van der Waals surface area contributed by atoms with Gasteiger partial charge in [0, 0.05) is 6.54 Å². The van der Waals surface area contributed by atoms with Crippen molar-refractivity contribution < 1.29 is 4.79 Å². The van der Waals surface area contributed by atoms with Gasteiger partial charge in [0.25, 0.3) is 0 Å². The fourth-order valence-corrected chi connectivity index (χ4v) is 4.46. The predicted molar refractivity (Wildman–Crippen MR) is 82.8 cm³/mol. The molecule has 0 radical (unpaired) electrons. The summed E-state index contributed by atoms with van der Waals surface area (Å²) in [6.45, 7) is 5.08. The van der Waals surface area contributed by atoms with Crippen molar-refractivity contribution in [2.45, 2.75) is 45.1 Å². The molecule has 1 N–H and O–H groups in total. The lowest BCUT2D eigenvalue weighted by Crippen LogP contribution is -2.48. The van der Waals surface area contributed by atoms with Crippen LogP contribution in [-0.2, 0) is 4.79 Å². The summed E-state index contributed by atoms with van der Waals surface area (Å²) >= 11 is 1.73. The molecule has 0 spiro atoms. The molecule has 3 heterocycles. The Kier molecular flexibility index (Phi) is 4.13. The second kappa shape index (κ2) is 5.86. The van der Waals surface area contributed by atoms with Crippen molar-refractivity contribution in [3.8, 4) is 0 Å². The van der Waals surface area contributed by atoms with Crippen LogP contribution in [0.1, 0.15) is 50.6 Å². The third-order valence-electron chi connectivity index (χ3n) is 5.13. The Morgan fingerprint density at radius 2 is 2.30 bits per heavy atom. The zero-order chi connectivity index (χ0) is 14.0. The van der Waals surface area contributed by atoms with Gasteiger partial charge in [-0.25, -0.2) is 0 Å². The molecule has 2 fully saturated rings. The fourth-order valence-electron chi connectivity index (χ4n) is 3.75. The van der Waals surface area contributed by atoms with Crippen LogP contribution in [0.25, 0.3) is 0 Å². The van der Waals surface area contributed by atoms with Gasteiger partial charge in [-0.3, -0.25) is 4.79 Å². The maximum Gasteiger partial charge on any atom is 0.229 e. The number of thiophene rings is 1. The van der Waals surface area contributed by atoms with E-state index in [1.807, 2.05) is 0 Å². The van der Waals surface area contributed by atoms with Crippen LogP contribution < -0.4 is 5.32 Å². The van der Waals surface area contributed by atoms with Crippen molar-refractivity contribution in [3.63, 3.8) is 0 Å². The molecular formula is C16H24N2OS. The highest BCUT2D eigenvalue weighted by Gasteiger charge is 2.43. The highest BCUT2D eigenvalue weighted by atomic mass is 32.1. The lowest BCUT2D eigenvalue weighted by Gasteiger charge is -2.40. The Labute approximate surface area is 125 Å². The highest BCUT2D eigenvalue weighted by Crippen LogP contribution is 2.41. The van der Waals surface area contributed by atoms with Gasteiger partial charge in [0.15, 0.2) is 0 Å². The standard InChI is InChI=1S/C16H24N2OS/c1-2-16(6-8-17-9-7-16)15(19)18-10-3-4-14(18)13-5-11-20-12-13/h5,11-12,14,17H,2-4,6-10H2,1H3. The minimum Gasteiger partial charge on any atom is -0.335 e. The maximum absolute atomic E-state index is 13.2. The molecule has 3 rings (SSSR count). The smallest absolute Gasteiger partial charge is 0.229 e. The van der Waals surface area contributed by atoms with Crippen molar-refractivity contribution in [1.29, 1.82) is 0 Å². The van der Waals surface area contributed by atoms with Gasteiger partial charge in [0.05, 0.1) is 11.5 Å². The van der Waals surface area contributed by atoms with Crippen LogP contribution in [0.3, 0.4) is 0 Å². The first-order chi connectivity index (χ1) is 9.77. The van der Waals surface area contributed by atoms with E-state index in [0.29, 0.717) is 11.9 Å². The van der Waals surface area contributed by atoms with Gasteiger partial charge >= 0.3 is 0 Å². The maximum atomic E-state index is 13.2. The summed E-state index contributed by atoms with van der Waals surface area (Å²) in [5.41, 5.74) is 1.23. The number of hydrogen-bond acceptors (Lipinski definition) is 3. The molecule has 0 bridgehead atoms. The van der Waals surface area contributed by atoms with Crippen molar-refractivity contribution in [2.75, 3.05) is 19.6 Å². The topological polar surface area (TPSA) is 32.3 Å². The van der Waals surface area contributed by atoms with Gasteiger partial charge in [-0.2, -0.15) is 11.3 Å². The van der Waals surface area contributed by atoms with Crippen LogP contribution in [0.5, 0.6) is 0 Å². The van der Waals surface area contributed by atoms with E-state index in [9.17, 15) is 4.79 Å². The van der Waals surface area contributed by atoms with E-state index in [2.05, 4.69) is 34.0 Å². The number of rotatable bonds is 3. The third kappa shape index (κ3) is 2.40.